The maximum atomic E-state index is 15.9. The molecule has 2 atom stereocenters. The Morgan fingerprint density at radius 3 is 2.54 bits per heavy atom. The number of aliphatic hydroxyl groups is 2. The monoisotopic (exact) mass is 567 g/mol. The molecule has 1 aliphatic heterocycles. The van der Waals surface area contributed by atoms with Gasteiger partial charge in [0, 0.05) is 36.3 Å². The maximum absolute atomic E-state index is 15.9. The molecule has 1 aromatic heterocycles. The van der Waals surface area contributed by atoms with Crippen LogP contribution in [-0.4, -0.2) is 58.7 Å². The summed E-state index contributed by atoms with van der Waals surface area (Å²) in [6.45, 7) is 1.38. The Morgan fingerprint density at radius 1 is 1.12 bits per heavy atom. The van der Waals surface area contributed by atoms with Gasteiger partial charge in [0.15, 0.2) is 0 Å². The fraction of sp³-hybridized carbons (Fsp3) is 0.433. The Morgan fingerprint density at radius 2 is 1.88 bits per heavy atom. The largest absolute Gasteiger partial charge is 0.462 e. The summed E-state index contributed by atoms with van der Waals surface area (Å²) in [6, 6.07) is 9.40. The van der Waals surface area contributed by atoms with E-state index in [4.69, 9.17) is 9.47 Å². The van der Waals surface area contributed by atoms with Crippen molar-refractivity contribution in [3.8, 4) is 0 Å². The van der Waals surface area contributed by atoms with Crippen LogP contribution < -0.4 is 15.6 Å². The van der Waals surface area contributed by atoms with Crippen LogP contribution in [0.3, 0.4) is 0 Å². The molecule has 0 bridgehead atoms. The number of carbonyl (C=O) groups excluding carboxylic acids is 2. The first-order valence-electron chi connectivity index (χ1n) is 13.9. The molecule has 41 heavy (non-hydrogen) atoms. The zero-order chi connectivity index (χ0) is 29.1. The lowest BCUT2D eigenvalue weighted by molar-refractivity contribution is 0.0524. The lowest BCUT2D eigenvalue weighted by atomic mass is 10.0. The quantitative estimate of drug-likeness (QED) is 0.318. The van der Waals surface area contributed by atoms with Gasteiger partial charge >= 0.3 is 12.1 Å². The average Bonchev–Trinajstić information content (AvgIpc) is 3.75. The summed E-state index contributed by atoms with van der Waals surface area (Å²) in [6.07, 6.45) is 3.12. The highest BCUT2D eigenvalue weighted by Crippen LogP contribution is 2.42. The summed E-state index contributed by atoms with van der Waals surface area (Å²) in [5, 5.41) is 23.2. The van der Waals surface area contributed by atoms with E-state index in [1.54, 1.807) is 16.4 Å². The molecule has 0 unspecified atom stereocenters. The molecule has 2 heterocycles. The fourth-order valence-corrected chi connectivity index (χ4v) is 5.72. The Kier molecular flexibility index (Phi) is 8.55. The second kappa shape index (κ2) is 12.3. The summed E-state index contributed by atoms with van der Waals surface area (Å²) >= 11 is 0. The summed E-state index contributed by atoms with van der Waals surface area (Å²) in [7, 11) is 0. The van der Waals surface area contributed by atoms with E-state index in [2.05, 4.69) is 5.32 Å². The van der Waals surface area contributed by atoms with Crippen LogP contribution in [0.4, 0.5) is 14.9 Å². The fourth-order valence-electron chi connectivity index (χ4n) is 5.72. The lowest BCUT2D eigenvalue weighted by Crippen LogP contribution is -2.46. The number of pyridine rings is 1. The molecule has 3 N–H and O–H groups in total. The van der Waals surface area contributed by atoms with Gasteiger partial charge in [-0.3, -0.25) is 4.79 Å². The molecule has 218 valence electrons. The van der Waals surface area contributed by atoms with Crippen LogP contribution in [-0.2, 0) is 22.7 Å². The Balaban J connectivity index is 1.50. The normalized spacial score (nSPS) is 18.5. The number of nitrogens with zero attached hydrogens (tertiary/aromatic N) is 2. The van der Waals surface area contributed by atoms with Crippen molar-refractivity contribution in [2.75, 3.05) is 24.7 Å². The second-order valence-electron chi connectivity index (χ2n) is 10.3. The summed E-state index contributed by atoms with van der Waals surface area (Å²) in [5.74, 6) is -1.52. The van der Waals surface area contributed by atoms with E-state index in [-0.39, 0.29) is 54.5 Å². The van der Waals surface area contributed by atoms with Crippen molar-refractivity contribution < 1.29 is 33.7 Å². The Labute approximate surface area is 236 Å². The number of fused-ring (bicyclic) bond motifs is 1. The third kappa shape index (κ3) is 5.77. The van der Waals surface area contributed by atoms with Gasteiger partial charge in [-0.25, -0.2) is 14.0 Å². The zero-order valence-electron chi connectivity index (χ0n) is 22.8. The highest BCUT2D eigenvalue weighted by molar-refractivity contribution is 5.96. The number of hydrogen-bond acceptors (Lipinski definition) is 8. The average molecular weight is 568 g/mol. The molecule has 11 heteroatoms. The molecule has 1 aliphatic carbocycles. The third-order valence-corrected chi connectivity index (χ3v) is 7.71. The van der Waals surface area contributed by atoms with Gasteiger partial charge < -0.3 is 34.5 Å². The molecular weight excluding hydrogens is 533 g/mol. The number of esters is 1. The van der Waals surface area contributed by atoms with Crippen LogP contribution >= 0.6 is 0 Å². The van der Waals surface area contributed by atoms with Gasteiger partial charge in [-0.1, -0.05) is 30.3 Å². The van der Waals surface area contributed by atoms with Crippen molar-refractivity contribution in [2.45, 2.75) is 63.9 Å². The van der Waals surface area contributed by atoms with Crippen molar-refractivity contribution in [3.63, 3.8) is 0 Å². The molecule has 1 saturated carbocycles. The van der Waals surface area contributed by atoms with Crippen molar-refractivity contribution in [2.24, 2.45) is 0 Å². The topological polar surface area (TPSA) is 130 Å². The number of hydrogen-bond donors (Lipinski definition) is 3. The molecule has 0 spiro atoms. The van der Waals surface area contributed by atoms with E-state index in [9.17, 15) is 24.6 Å². The predicted molar refractivity (Wildman–Crippen MR) is 149 cm³/mol. The van der Waals surface area contributed by atoms with Crippen LogP contribution in [0.2, 0.25) is 0 Å². The summed E-state index contributed by atoms with van der Waals surface area (Å²) in [4.78, 5) is 40.2. The van der Waals surface area contributed by atoms with Gasteiger partial charge in [-0.15, -0.1) is 0 Å². The first-order chi connectivity index (χ1) is 19.9. The van der Waals surface area contributed by atoms with Crippen molar-refractivity contribution >= 4 is 28.7 Å². The number of ether oxygens (including phenoxy) is 2. The number of rotatable bonds is 10. The van der Waals surface area contributed by atoms with E-state index in [0.717, 1.165) is 24.5 Å². The Bertz CT molecular complexity index is 1490. The third-order valence-electron chi connectivity index (χ3n) is 7.71. The summed E-state index contributed by atoms with van der Waals surface area (Å²) in [5.41, 5.74) is 0.685. The van der Waals surface area contributed by atoms with Crippen LogP contribution in [0.25, 0.3) is 10.9 Å². The van der Waals surface area contributed by atoms with Gasteiger partial charge in [0.25, 0.3) is 0 Å². The number of benzene rings is 2. The zero-order valence-corrected chi connectivity index (χ0v) is 22.8. The molecule has 2 fully saturated rings. The van der Waals surface area contributed by atoms with E-state index in [1.165, 1.54) is 6.20 Å². The molecule has 0 radical (unpaired) electrons. The molecule has 1 amide bonds. The van der Waals surface area contributed by atoms with E-state index < -0.39 is 42.0 Å². The molecule has 10 nitrogen and oxygen atoms in total. The first-order valence-corrected chi connectivity index (χ1v) is 13.9. The van der Waals surface area contributed by atoms with Gasteiger partial charge in [-0.05, 0) is 44.2 Å². The van der Waals surface area contributed by atoms with Crippen LogP contribution in [0.1, 0.15) is 60.1 Å². The highest BCUT2D eigenvalue weighted by atomic mass is 19.1. The standard InChI is InChI=1S/C30H34FN3O7/c1-2-40-29(38)21-15-34(19-8-9-19)26-20(28(21)37)14-23(31)27(22(26)16-36)33-12-10-24(25(33)11-13-35)32-30(39)41-17-18-6-4-3-5-7-18/h3-7,14-15,19,24-25,35-36H,2,8-13,16-17H2,1H3,(H,32,39)/t24-,25-/m1/s1. The number of aromatic nitrogens is 1. The van der Waals surface area contributed by atoms with Gasteiger partial charge in [-0.2, -0.15) is 0 Å². The van der Waals surface area contributed by atoms with E-state index in [1.807, 2.05) is 30.3 Å². The molecule has 5 rings (SSSR count). The van der Waals surface area contributed by atoms with Gasteiger partial charge in [0.1, 0.15) is 18.0 Å². The van der Waals surface area contributed by atoms with Crippen LogP contribution in [0, 0.1) is 5.82 Å². The van der Waals surface area contributed by atoms with E-state index in [0.29, 0.717) is 18.5 Å². The minimum absolute atomic E-state index is 0.00416. The number of alkyl carbamates (subject to hydrolysis) is 1. The first kappa shape index (κ1) is 28.6. The number of amides is 1. The number of anilines is 1. The highest BCUT2D eigenvalue weighted by Gasteiger charge is 2.39. The maximum Gasteiger partial charge on any atom is 0.407 e. The second-order valence-corrected chi connectivity index (χ2v) is 10.3. The van der Waals surface area contributed by atoms with Crippen molar-refractivity contribution in [1.82, 2.24) is 9.88 Å². The number of halogens is 1. The predicted octanol–water partition coefficient (Wildman–Crippen LogP) is 3.40. The van der Waals surface area contributed by atoms with Crippen LogP contribution in [0.5, 0.6) is 0 Å². The molecule has 2 aromatic carbocycles. The lowest BCUT2D eigenvalue weighted by Gasteiger charge is -2.32. The Hall–Kier alpha value is -3.96. The van der Waals surface area contributed by atoms with Crippen molar-refractivity contribution in [1.29, 1.82) is 0 Å². The van der Waals surface area contributed by atoms with Gasteiger partial charge in [0.05, 0.1) is 36.5 Å². The SMILES string of the molecule is CCOC(=O)c1cn(C2CC2)c2c(CO)c(N3CC[C@@H](NC(=O)OCc4ccccc4)[C@H]3CCO)c(F)cc2c1=O. The van der Waals surface area contributed by atoms with Crippen molar-refractivity contribution in [3.05, 3.63) is 75.3 Å². The number of carbonyl (C=O) groups is 2. The number of aliphatic hydroxyl groups excluding tert-OH is 2. The minimum atomic E-state index is -0.778. The van der Waals surface area contributed by atoms with Gasteiger partial charge in [0.2, 0.25) is 5.43 Å². The minimum Gasteiger partial charge on any atom is -0.462 e. The molecule has 2 aliphatic rings. The van der Waals surface area contributed by atoms with E-state index >= 15 is 4.39 Å². The molecule has 1 saturated heterocycles. The summed E-state index contributed by atoms with van der Waals surface area (Å²) < 4.78 is 28.1. The number of nitrogens with one attached hydrogen (secondary N) is 1. The smallest absolute Gasteiger partial charge is 0.407 e. The van der Waals surface area contributed by atoms with Crippen LogP contribution in [0.15, 0.2) is 47.4 Å². The molecular formula is C30H34FN3O7. The molecule has 3 aromatic rings.